The van der Waals surface area contributed by atoms with Gasteiger partial charge in [-0.2, -0.15) is 17.4 Å². The average molecular weight is 321 g/mol. The number of nitrogens with zero attached hydrogens (tertiary/aromatic N) is 2. The third-order valence-corrected chi connectivity index (χ3v) is 5.80. The molecule has 0 spiro atoms. The molecule has 126 valence electrons. The molecule has 0 aromatic rings. The van der Waals surface area contributed by atoms with E-state index in [-0.39, 0.29) is 6.04 Å². The Morgan fingerprint density at radius 1 is 1.33 bits per heavy atom. The van der Waals surface area contributed by atoms with Crippen LogP contribution in [-0.4, -0.2) is 70.0 Å². The van der Waals surface area contributed by atoms with Crippen molar-refractivity contribution in [3.63, 3.8) is 0 Å². The molecule has 0 bridgehead atoms. The molecule has 21 heavy (non-hydrogen) atoms. The van der Waals surface area contributed by atoms with Crippen LogP contribution < -0.4 is 10.0 Å². The highest BCUT2D eigenvalue weighted by Gasteiger charge is 2.29. The van der Waals surface area contributed by atoms with Crippen molar-refractivity contribution in [3.8, 4) is 0 Å². The van der Waals surface area contributed by atoms with E-state index in [2.05, 4.69) is 28.8 Å². The summed E-state index contributed by atoms with van der Waals surface area (Å²) in [6, 6.07) is -0.0698. The van der Waals surface area contributed by atoms with Gasteiger partial charge < -0.3 is 10.2 Å². The monoisotopic (exact) mass is 320 g/mol. The maximum absolute atomic E-state index is 12.5. The minimum Gasteiger partial charge on any atom is -0.319 e. The third kappa shape index (κ3) is 6.20. The van der Waals surface area contributed by atoms with Crippen molar-refractivity contribution in [2.24, 2.45) is 5.92 Å². The SMILES string of the molecule is CCN(CC)CC(C)NS(=O)(=O)N1CCCC(CNC)C1. The van der Waals surface area contributed by atoms with Crippen LogP contribution in [-0.2, 0) is 10.2 Å². The van der Waals surface area contributed by atoms with Gasteiger partial charge in [0.15, 0.2) is 0 Å². The summed E-state index contributed by atoms with van der Waals surface area (Å²) in [5.74, 6) is 0.415. The smallest absolute Gasteiger partial charge is 0.279 e. The molecule has 1 heterocycles. The van der Waals surface area contributed by atoms with Crippen LogP contribution in [0.5, 0.6) is 0 Å². The largest absolute Gasteiger partial charge is 0.319 e. The van der Waals surface area contributed by atoms with Crippen LogP contribution in [0, 0.1) is 5.92 Å². The number of nitrogens with one attached hydrogen (secondary N) is 2. The molecule has 1 fully saturated rings. The molecule has 0 radical (unpaired) electrons. The van der Waals surface area contributed by atoms with Gasteiger partial charge in [0.05, 0.1) is 0 Å². The average Bonchev–Trinajstić information content (AvgIpc) is 2.45. The predicted octanol–water partition coefficient (Wildman–Crippen LogP) is 0.483. The molecule has 2 N–H and O–H groups in total. The molecule has 2 unspecified atom stereocenters. The molecular formula is C14H32N4O2S. The van der Waals surface area contributed by atoms with Crippen molar-refractivity contribution >= 4 is 10.2 Å². The lowest BCUT2D eigenvalue weighted by molar-refractivity contribution is 0.253. The first-order chi connectivity index (χ1) is 9.92. The first-order valence-electron chi connectivity index (χ1n) is 8.07. The number of piperidine rings is 1. The van der Waals surface area contributed by atoms with Crippen molar-refractivity contribution in [2.45, 2.75) is 39.7 Å². The minimum absolute atomic E-state index is 0.0698. The fourth-order valence-corrected chi connectivity index (χ4v) is 4.44. The van der Waals surface area contributed by atoms with Gasteiger partial charge in [0.1, 0.15) is 0 Å². The van der Waals surface area contributed by atoms with Gasteiger partial charge in [-0.3, -0.25) is 0 Å². The standard InChI is InChI=1S/C14H32N4O2S/c1-5-17(6-2)11-13(3)16-21(19,20)18-9-7-8-14(12-18)10-15-4/h13-16H,5-12H2,1-4H3. The van der Waals surface area contributed by atoms with Gasteiger partial charge in [-0.05, 0) is 52.4 Å². The van der Waals surface area contributed by atoms with E-state index in [4.69, 9.17) is 0 Å². The summed E-state index contributed by atoms with van der Waals surface area (Å²) in [4.78, 5) is 2.23. The Balaban J connectivity index is 2.55. The minimum atomic E-state index is -3.37. The topological polar surface area (TPSA) is 64.7 Å². The number of rotatable bonds is 9. The maximum Gasteiger partial charge on any atom is 0.279 e. The van der Waals surface area contributed by atoms with Gasteiger partial charge in [0.2, 0.25) is 0 Å². The van der Waals surface area contributed by atoms with E-state index in [9.17, 15) is 8.42 Å². The Morgan fingerprint density at radius 2 is 2.00 bits per heavy atom. The maximum atomic E-state index is 12.5. The van der Waals surface area contributed by atoms with Crippen molar-refractivity contribution in [2.75, 3.05) is 46.3 Å². The number of likely N-dealkylation sites (N-methyl/N-ethyl adjacent to an activating group) is 1. The number of hydrogen-bond donors (Lipinski definition) is 2. The fourth-order valence-electron chi connectivity index (χ4n) is 2.94. The lowest BCUT2D eigenvalue weighted by Crippen LogP contribution is -2.51. The second-order valence-corrected chi connectivity index (χ2v) is 7.64. The highest BCUT2D eigenvalue weighted by Crippen LogP contribution is 2.18. The van der Waals surface area contributed by atoms with Crippen molar-refractivity contribution < 1.29 is 8.42 Å². The van der Waals surface area contributed by atoms with Gasteiger partial charge >= 0.3 is 0 Å². The highest BCUT2D eigenvalue weighted by molar-refractivity contribution is 7.87. The van der Waals surface area contributed by atoms with Gasteiger partial charge in [0, 0.05) is 25.7 Å². The normalized spacial score (nSPS) is 22.6. The summed E-state index contributed by atoms with van der Waals surface area (Å²) in [6.07, 6.45) is 2.04. The zero-order valence-electron chi connectivity index (χ0n) is 13.9. The molecule has 1 aliphatic rings. The quantitative estimate of drug-likeness (QED) is 0.649. The molecule has 0 saturated carbocycles. The first kappa shape index (κ1) is 18.8. The van der Waals surface area contributed by atoms with Crippen LogP contribution in [0.4, 0.5) is 0 Å². The molecular weight excluding hydrogens is 288 g/mol. The fraction of sp³-hybridized carbons (Fsp3) is 1.00. The summed E-state index contributed by atoms with van der Waals surface area (Å²) < 4.78 is 29.4. The second-order valence-electron chi connectivity index (χ2n) is 5.93. The van der Waals surface area contributed by atoms with E-state index in [1.165, 1.54) is 0 Å². The van der Waals surface area contributed by atoms with Gasteiger partial charge in [-0.1, -0.05) is 13.8 Å². The molecule has 1 aliphatic heterocycles. The van der Waals surface area contributed by atoms with Gasteiger partial charge in [-0.15, -0.1) is 0 Å². The van der Waals surface area contributed by atoms with Crippen molar-refractivity contribution in [3.05, 3.63) is 0 Å². The van der Waals surface area contributed by atoms with E-state index in [1.54, 1.807) is 4.31 Å². The van der Waals surface area contributed by atoms with Crippen LogP contribution in [0.2, 0.25) is 0 Å². The van der Waals surface area contributed by atoms with Gasteiger partial charge in [0.25, 0.3) is 10.2 Å². The van der Waals surface area contributed by atoms with E-state index in [0.29, 0.717) is 19.0 Å². The van der Waals surface area contributed by atoms with E-state index in [0.717, 1.165) is 39.0 Å². The van der Waals surface area contributed by atoms with Crippen LogP contribution in [0.1, 0.15) is 33.6 Å². The Morgan fingerprint density at radius 3 is 2.57 bits per heavy atom. The summed E-state index contributed by atoms with van der Waals surface area (Å²) >= 11 is 0. The lowest BCUT2D eigenvalue weighted by atomic mass is 10.00. The zero-order valence-corrected chi connectivity index (χ0v) is 14.7. The van der Waals surface area contributed by atoms with E-state index in [1.807, 2.05) is 14.0 Å². The molecule has 6 nitrogen and oxygen atoms in total. The third-order valence-electron chi connectivity index (χ3n) is 4.09. The van der Waals surface area contributed by atoms with Gasteiger partial charge in [-0.25, -0.2) is 0 Å². The molecule has 1 saturated heterocycles. The van der Waals surface area contributed by atoms with Crippen LogP contribution in [0.15, 0.2) is 0 Å². The van der Waals surface area contributed by atoms with Crippen LogP contribution in [0.25, 0.3) is 0 Å². The van der Waals surface area contributed by atoms with Crippen LogP contribution in [0.3, 0.4) is 0 Å². The second kappa shape index (κ2) is 9.05. The molecule has 0 aliphatic carbocycles. The Bertz CT molecular complexity index is 382. The lowest BCUT2D eigenvalue weighted by Gasteiger charge is -2.33. The molecule has 0 aromatic carbocycles. The summed E-state index contributed by atoms with van der Waals surface area (Å²) in [5, 5.41) is 3.14. The van der Waals surface area contributed by atoms with E-state index >= 15 is 0 Å². The Hall–Kier alpha value is -0.210. The molecule has 1 rings (SSSR count). The first-order valence-corrected chi connectivity index (χ1v) is 9.51. The van der Waals surface area contributed by atoms with Crippen LogP contribution >= 0.6 is 0 Å². The summed E-state index contributed by atoms with van der Waals surface area (Å²) in [6.45, 7) is 10.9. The molecule has 0 amide bonds. The summed E-state index contributed by atoms with van der Waals surface area (Å²) in [5.41, 5.74) is 0. The highest BCUT2D eigenvalue weighted by atomic mass is 32.2. The van der Waals surface area contributed by atoms with Crippen molar-refractivity contribution in [1.29, 1.82) is 0 Å². The predicted molar refractivity (Wildman–Crippen MR) is 87.5 cm³/mol. The van der Waals surface area contributed by atoms with E-state index < -0.39 is 10.2 Å². The Kier molecular flexibility index (Phi) is 8.12. The Labute approximate surface area is 130 Å². The zero-order chi connectivity index (χ0) is 15.9. The molecule has 0 aromatic heterocycles. The molecule has 7 heteroatoms. The number of hydrogen-bond acceptors (Lipinski definition) is 4. The summed E-state index contributed by atoms with van der Waals surface area (Å²) in [7, 11) is -1.45. The molecule has 2 atom stereocenters. The van der Waals surface area contributed by atoms with Crippen molar-refractivity contribution in [1.82, 2.24) is 19.2 Å².